The number of methoxy groups -OCH3 is 1. The predicted octanol–water partition coefficient (Wildman–Crippen LogP) is 3.26. The van der Waals surface area contributed by atoms with Crippen LogP contribution in [0.15, 0.2) is 18.3 Å². The van der Waals surface area contributed by atoms with Gasteiger partial charge < -0.3 is 14.2 Å². The van der Waals surface area contributed by atoms with E-state index in [4.69, 9.17) is 14.2 Å². The number of hydrogen-bond donors (Lipinski definition) is 0. The first-order chi connectivity index (χ1) is 11.7. The van der Waals surface area contributed by atoms with Gasteiger partial charge in [0.25, 0.3) is 0 Å². The molecule has 1 aromatic heterocycles. The Labute approximate surface area is 143 Å². The third-order valence-corrected chi connectivity index (χ3v) is 5.40. The quantitative estimate of drug-likeness (QED) is 0.774. The number of aromatic nitrogens is 1. The second kappa shape index (κ2) is 7.97. The molecule has 1 aliphatic carbocycles. The highest BCUT2D eigenvalue weighted by atomic mass is 16.5. The maximum atomic E-state index is 12.5. The Bertz CT molecular complexity index is 548. The van der Waals surface area contributed by atoms with E-state index in [0.717, 1.165) is 5.56 Å². The molecule has 0 aromatic carbocycles. The van der Waals surface area contributed by atoms with Crippen LogP contribution in [0.4, 0.5) is 0 Å². The number of rotatable bonds is 5. The zero-order valence-corrected chi connectivity index (χ0v) is 14.5. The van der Waals surface area contributed by atoms with E-state index < -0.39 is 5.41 Å². The first-order valence-electron chi connectivity index (χ1n) is 9.00. The molecule has 1 saturated carbocycles. The van der Waals surface area contributed by atoms with Crippen molar-refractivity contribution in [3.8, 4) is 5.88 Å². The van der Waals surface area contributed by atoms with Gasteiger partial charge in [0.15, 0.2) is 0 Å². The van der Waals surface area contributed by atoms with Crippen LogP contribution in [0.2, 0.25) is 0 Å². The van der Waals surface area contributed by atoms with Crippen LogP contribution in [0.3, 0.4) is 0 Å². The second-order valence-corrected chi connectivity index (χ2v) is 6.88. The predicted molar refractivity (Wildman–Crippen MR) is 90.1 cm³/mol. The molecule has 2 aliphatic rings. The molecule has 24 heavy (non-hydrogen) atoms. The van der Waals surface area contributed by atoms with E-state index in [0.29, 0.717) is 44.5 Å². The molecule has 1 aliphatic heterocycles. The van der Waals surface area contributed by atoms with Gasteiger partial charge in [0, 0.05) is 25.5 Å². The molecule has 1 saturated heterocycles. The smallest absolute Gasteiger partial charge is 0.316 e. The number of esters is 1. The van der Waals surface area contributed by atoms with Crippen LogP contribution >= 0.6 is 0 Å². The van der Waals surface area contributed by atoms with Gasteiger partial charge in [0.1, 0.15) is 0 Å². The number of ether oxygens (including phenoxy) is 3. The van der Waals surface area contributed by atoms with Gasteiger partial charge >= 0.3 is 5.97 Å². The van der Waals surface area contributed by atoms with Gasteiger partial charge in [0.2, 0.25) is 5.88 Å². The first-order valence-corrected chi connectivity index (χ1v) is 9.00. The SMILES string of the molecule is COC(=O)C1(c2ccnc(OCC3CCCCC3)c2)CCOCC1. The van der Waals surface area contributed by atoms with Crippen molar-refractivity contribution in [1.29, 1.82) is 0 Å². The average molecular weight is 333 g/mol. The lowest BCUT2D eigenvalue weighted by molar-refractivity contribution is -0.151. The fourth-order valence-electron chi connectivity index (χ4n) is 3.87. The van der Waals surface area contributed by atoms with Gasteiger partial charge in [0.05, 0.1) is 19.1 Å². The molecule has 0 unspecified atom stereocenters. The minimum Gasteiger partial charge on any atom is -0.477 e. The molecule has 0 atom stereocenters. The van der Waals surface area contributed by atoms with E-state index in [1.54, 1.807) is 6.20 Å². The van der Waals surface area contributed by atoms with Crippen LogP contribution in [-0.4, -0.2) is 37.9 Å². The van der Waals surface area contributed by atoms with Crippen molar-refractivity contribution in [2.75, 3.05) is 26.9 Å². The normalized spacial score (nSPS) is 21.2. The standard InChI is InChI=1S/C19H27NO4/c1-22-18(21)19(8-11-23-12-9-19)16-7-10-20-17(13-16)24-14-15-5-3-2-4-6-15/h7,10,13,15H,2-6,8-9,11-12,14H2,1H3. The lowest BCUT2D eigenvalue weighted by atomic mass is 9.74. The molecule has 0 amide bonds. The Morgan fingerprint density at radius 2 is 2.04 bits per heavy atom. The summed E-state index contributed by atoms with van der Waals surface area (Å²) >= 11 is 0. The molecule has 5 heteroatoms. The van der Waals surface area contributed by atoms with Crippen molar-refractivity contribution in [3.63, 3.8) is 0 Å². The maximum absolute atomic E-state index is 12.5. The van der Waals surface area contributed by atoms with E-state index >= 15 is 0 Å². The molecule has 0 spiro atoms. The van der Waals surface area contributed by atoms with E-state index in [-0.39, 0.29) is 5.97 Å². The fraction of sp³-hybridized carbons (Fsp3) is 0.684. The molecule has 0 radical (unpaired) electrons. The topological polar surface area (TPSA) is 57.7 Å². The Balaban J connectivity index is 1.73. The maximum Gasteiger partial charge on any atom is 0.316 e. The third-order valence-electron chi connectivity index (χ3n) is 5.40. The fourth-order valence-corrected chi connectivity index (χ4v) is 3.87. The van der Waals surface area contributed by atoms with Gasteiger partial charge in [-0.25, -0.2) is 4.98 Å². The Hall–Kier alpha value is -1.62. The summed E-state index contributed by atoms with van der Waals surface area (Å²) in [7, 11) is 1.45. The number of carbonyl (C=O) groups is 1. The minimum atomic E-state index is -0.640. The Kier molecular flexibility index (Phi) is 5.72. The van der Waals surface area contributed by atoms with Gasteiger partial charge in [-0.15, -0.1) is 0 Å². The highest BCUT2D eigenvalue weighted by Crippen LogP contribution is 2.37. The summed E-state index contributed by atoms with van der Waals surface area (Å²) < 4.78 is 16.5. The molecule has 5 nitrogen and oxygen atoms in total. The van der Waals surface area contributed by atoms with Gasteiger partial charge in [-0.3, -0.25) is 4.79 Å². The van der Waals surface area contributed by atoms with Crippen molar-refractivity contribution in [2.24, 2.45) is 5.92 Å². The third kappa shape index (κ3) is 3.72. The molecule has 0 bridgehead atoms. The van der Waals surface area contributed by atoms with Crippen molar-refractivity contribution >= 4 is 5.97 Å². The van der Waals surface area contributed by atoms with Gasteiger partial charge in [-0.05, 0) is 43.2 Å². The Morgan fingerprint density at radius 1 is 1.29 bits per heavy atom. The molecule has 0 N–H and O–H groups in total. The van der Waals surface area contributed by atoms with Crippen LogP contribution < -0.4 is 4.74 Å². The summed E-state index contributed by atoms with van der Waals surface area (Å²) in [5.74, 6) is 1.03. The van der Waals surface area contributed by atoms with Gasteiger partial charge in [-0.2, -0.15) is 0 Å². The average Bonchev–Trinajstić information content (AvgIpc) is 2.67. The van der Waals surface area contributed by atoms with Crippen LogP contribution in [0.5, 0.6) is 5.88 Å². The Morgan fingerprint density at radius 3 is 2.75 bits per heavy atom. The van der Waals surface area contributed by atoms with Crippen molar-refractivity contribution < 1.29 is 19.0 Å². The summed E-state index contributed by atoms with van der Waals surface area (Å²) in [4.78, 5) is 16.8. The number of pyridine rings is 1. The van der Waals surface area contributed by atoms with Crippen LogP contribution in [0.1, 0.15) is 50.5 Å². The number of nitrogens with zero attached hydrogens (tertiary/aromatic N) is 1. The molecule has 132 valence electrons. The monoisotopic (exact) mass is 333 g/mol. The lowest BCUT2D eigenvalue weighted by Gasteiger charge is -2.34. The number of carbonyl (C=O) groups excluding carboxylic acids is 1. The highest BCUT2D eigenvalue weighted by molar-refractivity contribution is 5.83. The molecule has 3 rings (SSSR count). The minimum absolute atomic E-state index is 0.199. The number of hydrogen-bond acceptors (Lipinski definition) is 5. The largest absolute Gasteiger partial charge is 0.477 e. The summed E-state index contributed by atoms with van der Waals surface area (Å²) in [6, 6.07) is 3.81. The molecule has 2 fully saturated rings. The summed E-state index contributed by atoms with van der Waals surface area (Å²) in [5, 5.41) is 0. The molecule has 1 aromatic rings. The first kappa shape index (κ1) is 17.2. The zero-order valence-electron chi connectivity index (χ0n) is 14.5. The van der Waals surface area contributed by atoms with Crippen LogP contribution in [-0.2, 0) is 19.7 Å². The zero-order chi connectivity index (χ0) is 16.8. The summed E-state index contributed by atoms with van der Waals surface area (Å²) in [5.41, 5.74) is 0.283. The summed E-state index contributed by atoms with van der Waals surface area (Å²) in [6.45, 7) is 1.84. The molecular weight excluding hydrogens is 306 g/mol. The highest BCUT2D eigenvalue weighted by Gasteiger charge is 2.43. The molecular formula is C19H27NO4. The van der Waals surface area contributed by atoms with Crippen LogP contribution in [0, 0.1) is 5.92 Å². The van der Waals surface area contributed by atoms with Gasteiger partial charge in [-0.1, -0.05) is 19.3 Å². The van der Waals surface area contributed by atoms with Crippen molar-refractivity contribution in [3.05, 3.63) is 23.9 Å². The van der Waals surface area contributed by atoms with E-state index in [1.165, 1.54) is 39.2 Å². The second-order valence-electron chi connectivity index (χ2n) is 6.88. The van der Waals surface area contributed by atoms with Crippen molar-refractivity contribution in [2.45, 2.75) is 50.4 Å². The van der Waals surface area contributed by atoms with Crippen molar-refractivity contribution in [1.82, 2.24) is 4.98 Å². The van der Waals surface area contributed by atoms with E-state index in [1.807, 2.05) is 12.1 Å². The molecule has 2 heterocycles. The van der Waals surface area contributed by atoms with E-state index in [9.17, 15) is 4.79 Å². The summed E-state index contributed by atoms with van der Waals surface area (Å²) in [6.07, 6.45) is 9.41. The van der Waals surface area contributed by atoms with E-state index in [2.05, 4.69) is 4.98 Å². The van der Waals surface area contributed by atoms with Crippen LogP contribution in [0.25, 0.3) is 0 Å². The lowest BCUT2D eigenvalue weighted by Crippen LogP contribution is -2.42.